The fourth-order valence-corrected chi connectivity index (χ4v) is 3.34. The van der Waals surface area contributed by atoms with Crippen molar-refractivity contribution in [2.24, 2.45) is 0 Å². The van der Waals surface area contributed by atoms with E-state index in [9.17, 15) is 4.79 Å². The molecule has 0 aromatic heterocycles. The summed E-state index contributed by atoms with van der Waals surface area (Å²) in [5.41, 5.74) is 1.36. The number of methoxy groups -OCH3 is 1. The standard InChI is InChI=1S/C20H33N3O2/c1-3-4-12-21-20(24)23(15-16-25-2)19-10-13-22(14-11-19)17-18-8-6-5-7-9-18/h5-9,19H,3-4,10-17H2,1-2H3,(H,21,24). The third kappa shape index (κ3) is 6.67. The van der Waals surface area contributed by atoms with Crippen molar-refractivity contribution in [3.63, 3.8) is 0 Å². The third-order valence-corrected chi connectivity index (χ3v) is 4.85. The van der Waals surface area contributed by atoms with Gasteiger partial charge in [-0.1, -0.05) is 43.7 Å². The topological polar surface area (TPSA) is 44.8 Å². The zero-order valence-electron chi connectivity index (χ0n) is 15.7. The van der Waals surface area contributed by atoms with Gasteiger partial charge in [0.05, 0.1) is 6.61 Å². The van der Waals surface area contributed by atoms with Gasteiger partial charge in [-0.2, -0.15) is 0 Å². The Morgan fingerprint density at radius 2 is 2.00 bits per heavy atom. The number of benzene rings is 1. The van der Waals surface area contributed by atoms with E-state index in [1.54, 1.807) is 7.11 Å². The molecule has 0 radical (unpaired) electrons. The summed E-state index contributed by atoms with van der Waals surface area (Å²) in [5, 5.41) is 3.06. The number of urea groups is 1. The summed E-state index contributed by atoms with van der Waals surface area (Å²) in [4.78, 5) is 17.0. The Morgan fingerprint density at radius 3 is 2.64 bits per heavy atom. The van der Waals surface area contributed by atoms with E-state index in [1.165, 1.54) is 5.56 Å². The molecule has 1 saturated heterocycles. The van der Waals surface area contributed by atoms with Crippen molar-refractivity contribution in [1.82, 2.24) is 15.1 Å². The highest BCUT2D eigenvalue weighted by Gasteiger charge is 2.27. The van der Waals surface area contributed by atoms with Gasteiger partial charge in [0.15, 0.2) is 0 Å². The van der Waals surface area contributed by atoms with Gasteiger partial charge >= 0.3 is 6.03 Å². The number of nitrogens with zero attached hydrogens (tertiary/aromatic N) is 2. The van der Waals surface area contributed by atoms with E-state index in [0.29, 0.717) is 19.2 Å². The molecule has 1 heterocycles. The summed E-state index contributed by atoms with van der Waals surface area (Å²) >= 11 is 0. The fraction of sp³-hybridized carbons (Fsp3) is 0.650. The molecule has 0 bridgehead atoms. The first-order chi connectivity index (χ1) is 12.2. The van der Waals surface area contributed by atoms with Gasteiger partial charge in [-0.25, -0.2) is 4.79 Å². The van der Waals surface area contributed by atoms with Crippen LogP contribution in [0.1, 0.15) is 38.2 Å². The second kappa shape index (κ2) is 11.1. The van der Waals surface area contributed by atoms with E-state index in [0.717, 1.165) is 51.9 Å². The van der Waals surface area contributed by atoms with Crippen molar-refractivity contribution in [2.75, 3.05) is 39.9 Å². The van der Waals surface area contributed by atoms with Crippen LogP contribution in [0.4, 0.5) is 4.79 Å². The number of nitrogens with one attached hydrogen (secondary N) is 1. The predicted octanol–water partition coefficient (Wildman–Crippen LogP) is 3.11. The van der Waals surface area contributed by atoms with Gasteiger partial charge in [0, 0.05) is 45.9 Å². The quantitative estimate of drug-likeness (QED) is 0.698. The molecule has 140 valence electrons. The smallest absolute Gasteiger partial charge is 0.317 e. The monoisotopic (exact) mass is 347 g/mol. The van der Waals surface area contributed by atoms with E-state index >= 15 is 0 Å². The van der Waals surface area contributed by atoms with E-state index < -0.39 is 0 Å². The molecule has 2 amide bonds. The van der Waals surface area contributed by atoms with E-state index in [1.807, 2.05) is 4.90 Å². The summed E-state index contributed by atoms with van der Waals surface area (Å²) in [7, 11) is 1.69. The van der Waals surface area contributed by atoms with Crippen LogP contribution >= 0.6 is 0 Å². The predicted molar refractivity (Wildman–Crippen MR) is 102 cm³/mol. The van der Waals surface area contributed by atoms with Crippen LogP contribution in [-0.2, 0) is 11.3 Å². The minimum Gasteiger partial charge on any atom is -0.383 e. The molecule has 2 rings (SSSR count). The van der Waals surface area contributed by atoms with Crippen LogP contribution in [-0.4, -0.2) is 61.8 Å². The van der Waals surface area contributed by atoms with Crippen molar-refractivity contribution in [3.8, 4) is 0 Å². The SMILES string of the molecule is CCCCNC(=O)N(CCOC)C1CCN(Cc2ccccc2)CC1. The molecule has 5 heteroatoms. The minimum atomic E-state index is 0.0620. The zero-order chi connectivity index (χ0) is 17.9. The fourth-order valence-electron chi connectivity index (χ4n) is 3.34. The van der Waals surface area contributed by atoms with Crippen LogP contribution < -0.4 is 5.32 Å². The lowest BCUT2D eigenvalue weighted by atomic mass is 10.0. The number of unbranched alkanes of at least 4 members (excludes halogenated alkanes) is 1. The summed E-state index contributed by atoms with van der Waals surface area (Å²) in [6, 6.07) is 11.0. The highest BCUT2D eigenvalue weighted by atomic mass is 16.5. The number of hydrogen-bond donors (Lipinski definition) is 1. The number of hydrogen-bond acceptors (Lipinski definition) is 3. The van der Waals surface area contributed by atoms with Gasteiger partial charge in [-0.15, -0.1) is 0 Å². The van der Waals surface area contributed by atoms with Gasteiger partial charge < -0.3 is 15.0 Å². The molecule has 1 aliphatic heterocycles. The maximum absolute atomic E-state index is 12.5. The molecule has 0 unspecified atom stereocenters. The Labute approximate surface area is 152 Å². The Kier molecular flexibility index (Phi) is 8.77. The van der Waals surface area contributed by atoms with Crippen LogP contribution in [0.25, 0.3) is 0 Å². The molecule has 1 aliphatic rings. The maximum atomic E-state index is 12.5. The van der Waals surface area contributed by atoms with E-state index in [-0.39, 0.29) is 6.03 Å². The van der Waals surface area contributed by atoms with Gasteiger partial charge in [0.1, 0.15) is 0 Å². The normalized spacial score (nSPS) is 15.9. The second-order valence-electron chi connectivity index (χ2n) is 6.76. The number of piperidine rings is 1. The van der Waals surface area contributed by atoms with Gasteiger partial charge in [-0.3, -0.25) is 4.90 Å². The number of carbonyl (C=O) groups excluding carboxylic acids is 1. The maximum Gasteiger partial charge on any atom is 0.317 e. The Hall–Kier alpha value is -1.59. The lowest BCUT2D eigenvalue weighted by Crippen LogP contribution is -2.51. The lowest BCUT2D eigenvalue weighted by Gasteiger charge is -2.38. The highest BCUT2D eigenvalue weighted by Crippen LogP contribution is 2.18. The molecule has 0 atom stereocenters. The number of carbonyl (C=O) groups is 1. The van der Waals surface area contributed by atoms with Crippen LogP contribution in [0.15, 0.2) is 30.3 Å². The molecule has 0 spiro atoms. The van der Waals surface area contributed by atoms with Gasteiger partial charge in [0.2, 0.25) is 0 Å². The number of likely N-dealkylation sites (tertiary alicyclic amines) is 1. The second-order valence-corrected chi connectivity index (χ2v) is 6.76. The molecule has 1 aromatic carbocycles. The Bertz CT molecular complexity index is 487. The van der Waals surface area contributed by atoms with Crippen LogP contribution in [0.3, 0.4) is 0 Å². The first kappa shape index (κ1) is 19.7. The number of ether oxygens (including phenoxy) is 1. The van der Waals surface area contributed by atoms with Crippen molar-refractivity contribution in [2.45, 2.75) is 45.2 Å². The van der Waals surface area contributed by atoms with Crippen molar-refractivity contribution in [1.29, 1.82) is 0 Å². The van der Waals surface area contributed by atoms with Crippen molar-refractivity contribution < 1.29 is 9.53 Å². The Balaban J connectivity index is 1.84. The van der Waals surface area contributed by atoms with Gasteiger partial charge in [-0.05, 0) is 24.8 Å². The molecule has 1 aromatic rings. The van der Waals surface area contributed by atoms with Crippen molar-refractivity contribution >= 4 is 6.03 Å². The first-order valence-corrected chi connectivity index (χ1v) is 9.54. The zero-order valence-corrected chi connectivity index (χ0v) is 15.7. The molecule has 1 fully saturated rings. The van der Waals surface area contributed by atoms with Crippen LogP contribution in [0.5, 0.6) is 0 Å². The minimum absolute atomic E-state index is 0.0620. The molecular formula is C20H33N3O2. The first-order valence-electron chi connectivity index (χ1n) is 9.54. The molecular weight excluding hydrogens is 314 g/mol. The Morgan fingerprint density at radius 1 is 1.28 bits per heavy atom. The van der Waals surface area contributed by atoms with E-state index in [2.05, 4.69) is 47.5 Å². The molecule has 0 aliphatic carbocycles. The average Bonchev–Trinajstić information content (AvgIpc) is 2.64. The largest absolute Gasteiger partial charge is 0.383 e. The highest BCUT2D eigenvalue weighted by molar-refractivity contribution is 5.74. The third-order valence-electron chi connectivity index (χ3n) is 4.85. The molecule has 5 nitrogen and oxygen atoms in total. The summed E-state index contributed by atoms with van der Waals surface area (Å²) in [5.74, 6) is 0. The van der Waals surface area contributed by atoms with Gasteiger partial charge in [0.25, 0.3) is 0 Å². The number of amides is 2. The molecule has 25 heavy (non-hydrogen) atoms. The average molecular weight is 348 g/mol. The number of rotatable bonds is 9. The lowest BCUT2D eigenvalue weighted by molar-refractivity contribution is 0.0930. The van der Waals surface area contributed by atoms with Crippen LogP contribution in [0.2, 0.25) is 0 Å². The molecule has 1 N–H and O–H groups in total. The summed E-state index contributed by atoms with van der Waals surface area (Å²) < 4.78 is 5.21. The molecule has 0 saturated carbocycles. The van der Waals surface area contributed by atoms with E-state index in [4.69, 9.17) is 4.74 Å². The van der Waals surface area contributed by atoms with Crippen molar-refractivity contribution in [3.05, 3.63) is 35.9 Å². The summed E-state index contributed by atoms with van der Waals surface area (Å²) in [6.45, 7) is 7.21. The van der Waals surface area contributed by atoms with Crippen LogP contribution in [0, 0.1) is 0 Å². The summed E-state index contributed by atoms with van der Waals surface area (Å²) in [6.07, 6.45) is 4.17.